The highest BCUT2D eigenvalue weighted by Gasteiger charge is 2.14. The van der Waals surface area contributed by atoms with E-state index in [2.05, 4.69) is 0 Å². The van der Waals surface area contributed by atoms with Gasteiger partial charge in [-0.15, -0.1) is 11.3 Å². The van der Waals surface area contributed by atoms with Crippen LogP contribution in [0.5, 0.6) is 5.75 Å². The maximum absolute atomic E-state index is 13.8. The molecule has 0 fully saturated rings. The molecule has 0 aliphatic carbocycles. The van der Waals surface area contributed by atoms with Crippen LogP contribution in [0.2, 0.25) is 4.34 Å². The molecule has 1 atom stereocenters. The molecular weight excluding hydrogens is 304 g/mol. The van der Waals surface area contributed by atoms with Gasteiger partial charge in [0.05, 0.1) is 4.34 Å². The first-order valence-corrected chi connectivity index (χ1v) is 7.25. The SMILES string of the molecule is CC(N)Cc1cc(F)c(OCc2ccc(Cl)s2)c(F)c1. The summed E-state index contributed by atoms with van der Waals surface area (Å²) < 4.78 is 33.5. The Bertz CT molecular complexity index is 578. The van der Waals surface area contributed by atoms with E-state index in [4.69, 9.17) is 22.1 Å². The number of ether oxygens (including phenoxy) is 1. The zero-order valence-corrected chi connectivity index (χ0v) is 12.4. The van der Waals surface area contributed by atoms with E-state index >= 15 is 0 Å². The molecule has 0 bridgehead atoms. The van der Waals surface area contributed by atoms with Gasteiger partial charge in [-0.25, -0.2) is 8.78 Å². The predicted molar refractivity (Wildman–Crippen MR) is 77.4 cm³/mol. The van der Waals surface area contributed by atoms with E-state index in [1.807, 2.05) is 0 Å². The molecule has 0 aliphatic rings. The molecule has 1 aromatic heterocycles. The van der Waals surface area contributed by atoms with Gasteiger partial charge in [0.25, 0.3) is 0 Å². The van der Waals surface area contributed by atoms with Gasteiger partial charge in [0.1, 0.15) is 6.61 Å². The highest BCUT2D eigenvalue weighted by molar-refractivity contribution is 7.16. The summed E-state index contributed by atoms with van der Waals surface area (Å²) in [5.41, 5.74) is 6.13. The van der Waals surface area contributed by atoms with Crippen LogP contribution in [-0.4, -0.2) is 6.04 Å². The van der Waals surface area contributed by atoms with Crippen LogP contribution in [0.3, 0.4) is 0 Å². The number of hydrogen-bond donors (Lipinski definition) is 1. The fourth-order valence-electron chi connectivity index (χ4n) is 1.81. The molecular formula is C14H14ClF2NOS. The van der Waals surface area contributed by atoms with E-state index in [0.29, 0.717) is 16.3 Å². The first kappa shape index (κ1) is 15.2. The summed E-state index contributed by atoms with van der Waals surface area (Å²) >= 11 is 7.09. The van der Waals surface area contributed by atoms with Gasteiger partial charge < -0.3 is 10.5 Å². The molecule has 108 valence electrons. The largest absolute Gasteiger partial charge is 0.482 e. The maximum atomic E-state index is 13.8. The van der Waals surface area contributed by atoms with Crippen molar-refractivity contribution in [2.45, 2.75) is 26.0 Å². The molecule has 2 aromatic rings. The van der Waals surface area contributed by atoms with Crippen molar-refractivity contribution in [2.24, 2.45) is 5.73 Å². The lowest BCUT2D eigenvalue weighted by atomic mass is 10.1. The van der Waals surface area contributed by atoms with Crippen molar-refractivity contribution >= 4 is 22.9 Å². The molecule has 2 rings (SSSR count). The lowest BCUT2D eigenvalue weighted by Gasteiger charge is -2.10. The van der Waals surface area contributed by atoms with Crippen molar-refractivity contribution in [2.75, 3.05) is 0 Å². The lowest BCUT2D eigenvalue weighted by molar-refractivity contribution is 0.276. The first-order chi connectivity index (χ1) is 9.45. The van der Waals surface area contributed by atoms with Gasteiger partial charge in [0, 0.05) is 10.9 Å². The number of thiophene rings is 1. The van der Waals surface area contributed by atoms with Gasteiger partial charge in [-0.2, -0.15) is 0 Å². The second-order valence-electron chi connectivity index (χ2n) is 4.56. The van der Waals surface area contributed by atoms with Gasteiger partial charge in [0.15, 0.2) is 17.4 Å². The van der Waals surface area contributed by atoms with Crippen molar-refractivity contribution in [3.05, 3.63) is 50.7 Å². The van der Waals surface area contributed by atoms with Crippen LogP contribution in [0.25, 0.3) is 0 Å². The van der Waals surface area contributed by atoms with E-state index in [-0.39, 0.29) is 18.4 Å². The average molecular weight is 318 g/mol. The van der Waals surface area contributed by atoms with Gasteiger partial charge >= 0.3 is 0 Å². The monoisotopic (exact) mass is 317 g/mol. The standard InChI is InChI=1S/C14H14ClF2NOS/c1-8(18)4-9-5-11(16)14(12(17)6-9)19-7-10-2-3-13(15)20-10/h2-3,5-6,8H,4,7,18H2,1H3. The van der Waals surface area contributed by atoms with Gasteiger partial charge in [0.2, 0.25) is 0 Å². The van der Waals surface area contributed by atoms with Crippen LogP contribution < -0.4 is 10.5 Å². The number of rotatable bonds is 5. The quantitative estimate of drug-likeness (QED) is 0.899. The summed E-state index contributed by atoms with van der Waals surface area (Å²) in [7, 11) is 0. The summed E-state index contributed by atoms with van der Waals surface area (Å²) in [6, 6.07) is 5.82. The second-order valence-corrected chi connectivity index (χ2v) is 6.36. The highest BCUT2D eigenvalue weighted by atomic mass is 35.5. The van der Waals surface area contributed by atoms with Crippen LogP contribution in [-0.2, 0) is 13.0 Å². The fraction of sp³-hybridized carbons (Fsp3) is 0.286. The molecule has 0 amide bonds. The Labute approximate surface area is 125 Å². The Morgan fingerprint density at radius 3 is 2.45 bits per heavy atom. The minimum atomic E-state index is -0.719. The summed E-state index contributed by atoms with van der Waals surface area (Å²) in [6.07, 6.45) is 0.411. The van der Waals surface area contributed by atoms with E-state index in [0.717, 1.165) is 4.88 Å². The van der Waals surface area contributed by atoms with E-state index in [1.165, 1.54) is 23.5 Å². The molecule has 20 heavy (non-hydrogen) atoms. The highest BCUT2D eigenvalue weighted by Crippen LogP contribution is 2.27. The summed E-state index contributed by atoms with van der Waals surface area (Å²) in [6.45, 7) is 1.86. The van der Waals surface area contributed by atoms with Crippen LogP contribution in [0, 0.1) is 11.6 Å². The Balaban J connectivity index is 2.11. The molecule has 1 heterocycles. The van der Waals surface area contributed by atoms with Crippen LogP contribution in [0.15, 0.2) is 24.3 Å². The van der Waals surface area contributed by atoms with Crippen LogP contribution in [0.1, 0.15) is 17.4 Å². The van der Waals surface area contributed by atoms with Crippen molar-refractivity contribution in [3.8, 4) is 5.75 Å². The lowest BCUT2D eigenvalue weighted by Crippen LogP contribution is -2.18. The molecule has 0 radical (unpaired) electrons. The Morgan fingerprint density at radius 1 is 1.30 bits per heavy atom. The molecule has 0 saturated carbocycles. The number of nitrogens with two attached hydrogens (primary N) is 1. The molecule has 1 aromatic carbocycles. The molecule has 0 saturated heterocycles. The Kier molecular flexibility index (Phi) is 4.96. The normalized spacial score (nSPS) is 12.4. The minimum absolute atomic E-state index is 0.0812. The molecule has 2 N–H and O–H groups in total. The Hall–Kier alpha value is -1.17. The predicted octanol–water partition coefficient (Wildman–Crippen LogP) is 4.15. The topological polar surface area (TPSA) is 35.2 Å². The van der Waals surface area contributed by atoms with Gasteiger partial charge in [-0.05, 0) is 43.2 Å². The zero-order valence-electron chi connectivity index (χ0n) is 10.8. The fourth-order valence-corrected chi connectivity index (χ4v) is 2.81. The third kappa shape index (κ3) is 3.91. The second kappa shape index (κ2) is 6.52. The molecule has 1 unspecified atom stereocenters. The van der Waals surface area contributed by atoms with Crippen molar-refractivity contribution in [1.29, 1.82) is 0 Å². The summed E-state index contributed by atoms with van der Waals surface area (Å²) in [5.74, 6) is -1.81. The first-order valence-electron chi connectivity index (χ1n) is 6.06. The van der Waals surface area contributed by atoms with Gasteiger partial charge in [-0.3, -0.25) is 0 Å². The number of halogens is 3. The van der Waals surface area contributed by atoms with E-state index in [1.54, 1.807) is 19.1 Å². The van der Waals surface area contributed by atoms with Gasteiger partial charge in [-0.1, -0.05) is 11.6 Å². The average Bonchev–Trinajstić information content (AvgIpc) is 2.73. The summed E-state index contributed by atoms with van der Waals surface area (Å²) in [5, 5.41) is 0. The smallest absolute Gasteiger partial charge is 0.191 e. The molecule has 2 nitrogen and oxygen atoms in total. The van der Waals surface area contributed by atoms with Crippen LogP contribution >= 0.6 is 22.9 Å². The minimum Gasteiger partial charge on any atom is -0.482 e. The van der Waals surface area contributed by atoms with Crippen molar-refractivity contribution < 1.29 is 13.5 Å². The third-order valence-electron chi connectivity index (χ3n) is 2.60. The maximum Gasteiger partial charge on any atom is 0.191 e. The van der Waals surface area contributed by atoms with E-state index < -0.39 is 11.6 Å². The number of hydrogen-bond acceptors (Lipinski definition) is 3. The Morgan fingerprint density at radius 2 is 1.95 bits per heavy atom. The molecule has 0 aliphatic heterocycles. The zero-order chi connectivity index (χ0) is 14.7. The third-order valence-corrected chi connectivity index (χ3v) is 3.81. The van der Waals surface area contributed by atoms with Crippen molar-refractivity contribution in [1.82, 2.24) is 0 Å². The van der Waals surface area contributed by atoms with Crippen LogP contribution in [0.4, 0.5) is 8.78 Å². The molecule has 0 spiro atoms. The number of benzene rings is 1. The van der Waals surface area contributed by atoms with E-state index in [9.17, 15) is 8.78 Å². The van der Waals surface area contributed by atoms with Crippen molar-refractivity contribution in [3.63, 3.8) is 0 Å². The molecule has 6 heteroatoms. The summed E-state index contributed by atoms with van der Waals surface area (Å²) in [4.78, 5) is 0.799.